The summed E-state index contributed by atoms with van der Waals surface area (Å²) in [6.07, 6.45) is 1.60. The van der Waals surface area contributed by atoms with Gasteiger partial charge >= 0.3 is 0 Å². The standard InChI is InChI=1S/C6H14N2O2S/c1-5(7)4-8-11(9,10)6-2-3-6/h5-6,8H,2-4,7H2,1H3/t5-/m0/s1. The lowest BCUT2D eigenvalue weighted by molar-refractivity contribution is 0.572. The summed E-state index contributed by atoms with van der Waals surface area (Å²) in [5.74, 6) is 0. The molecule has 0 unspecified atom stereocenters. The lowest BCUT2D eigenvalue weighted by Crippen LogP contribution is -2.36. The number of rotatable bonds is 4. The predicted molar refractivity (Wildman–Crippen MR) is 43.6 cm³/mol. The van der Waals surface area contributed by atoms with Crippen molar-refractivity contribution in [2.24, 2.45) is 5.73 Å². The molecule has 1 atom stereocenters. The van der Waals surface area contributed by atoms with Gasteiger partial charge in [0.2, 0.25) is 10.0 Å². The van der Waals surface area contributed by atoms with Crippen molar-refractivity contribution in [2.45, 2.75) is 31.1 Å². The third kappa shape index (κ3) is 2.76. The van der Waals surface area contributed by atoms with E-state index in [-0.39, 0.29) is 11.3 Å². The first-order valence-electron chi connectivity index (χ1n) is 3.76. The highest BCUT2D eigenvalue weighted by Gasteiger charge is 2.35. The van der Waals surface area contributed by atoms with Crippen LogP contribution in [0.1, 0.15) is 19.8 Å². The molecule has 5 heteroatoms. The Balaban J connectivity index is 2.35. The minimum Gasteiger partial charge on any atom is -0.327 e. The van der Waals surface area contributed by atoms with Gasteiger partial charge in [0.1, 0.15) is 0 Å². The molecule has 1 rings (SSSR count). The summed E-state index contributed by atoms with van der Waals surface area (Å²) in [6.45, 7) is 2.12. The number of nitrogens with one attached hydrogen (secondary N) is 1. The molecule has 1 aliphatic carbocycles. The number of hydrogen-bond acceptors (Lipinski definition) is 3. The number of hydrogen-bond donors (Lipinski definition) is 2. The molecule has 4 nitrogen and oxygen atoms in total. The SMILES string of the molecule is C[C@H](N)CNS(=O)(=O)C1CC1. The highest BCUT2D eigenvalue weighted by Crippen LogP contribution is 2.27. The van der Waals surface area contributed by atoms with Crippen LogP contribution in [0, 0.1) is 0 Å². The minimum absolute atomic E-state index is 0.108. The van der Waals surface area contributed by atoms with Gasteiger partial charge in [0.05, 0.1) is 5.25 Å². The third-order valence-corrected chi connectivity index (χ3v) is 3.49. The summed E-state index contributed by atoms with van der Waals surface area (Å²) in [5, 5.41) is -0.138. The fourth-order valence-electron chi connectivity index (χ4n) is 0.744. The van der Waals surface area contributed by atoms with Gasteiger partial charge in [-0.25, -0.2) is 13.1 Å². The summed E-state index contributed by atoms with van der Waals surface area (Å²) in [5.41, 5.74) is 5.39. The van der Waals surface area contributed by atoms with Crippen molar-refractivity contribution in [3.05, 3.63) is 0 Å². The quantitative estimate of drug-likeness (QED) is 0.604. The number of nitrogens with two attached hydrogens (primary N) is 1. The van der Waals surface area contributed by atoms with Gasteiger partial charge in [0, 0.05) is 12.6 Å². The highest BCUT2D eigenvalue weighted by atomic mass is 32.2. The Kier molecular flexibility index (Phi) is 2.51. The van der Waals surface area contributed by atoms with E-state index >= 15 is 0 Å². The Morgan fingerprint density at radius 3 is 2.55 bits per heavy atom. The Labute approximate surface area is 67.2 Å². The molecule has 1 saturated carbocycles. The van der Waals surface area contributed by atoms with Crippen LogP contribution >= 0.6 is 0 Å². The first-order chi connectivity index (χ1) is 5.02. The molecule has 0 amide bonds. The molecule has 0 aromatic heterocycles. The Morgan fingerprint density at radius 2 is 2.18 bits per heavy atom. The van der Waals surface area contributed by atoms with E-state index in [1.807, 2.05) is 0 Å². The van der Waals surface area contributed by atoms with E-state index in [2.05, 4.69) is 4.72 Å². The highest BCUT2D eigenvalue weighted by molar-refractivity contribution is 7.90. The fourth-order valence-corrected chi connectivity index (χ4v) is 2.23. The average molecular weight is 178 g/mol. The van der Waals surface area contributed by atoms with Crippen LogP contribution in [0.5, 0.6) is 0 Å². The molecule has 0 aliphatic heterocycles. The lowest BCUT2D eigenvalue weighted by Gasteiger charge is -2.06. The van der Waals surface area contributed by atoms with Crippen LogP contribution in [0.25, 0.3) is 0 Å². The van der Waals surface area contributed by atoms with E-state index < -0.39 is 10.0 Å². The van der Waals surface area contributed by atoms with Crippen molar-refractivity contribution in [2.75, 3.05) is 6.54 Å². The van der Waals surface area contributed by atoms with Gasteiger partial charge in [-0.2, -0.15) is 0 Å². The molecule has 3 N–H and O–H groups in total. The molecule has 11 heavy (non-hydrogen) atoms. The maximum absolute atomic E-state index is 11.1. The zero-order chi connectivity index (χ0) is 8.48. The zero-order valence-electron chi connectivity index (χ0n) is 6.58. The Bertz CT molecular complexity index is 219. The molecule has 1 aliphatic rings. The molecule has 0 spiro atoms. The van der Waals surface area contributed by atoms with E-state index in [1.54, 1.807) is 6.92 Å². The van der Waals surface area contributed by atoms with Gasteiger partial charge in [-0.3, -0.25) is 0 Å². The third-order valence-electron chi connectivity index (χ3n) is 1.57. The van der Waals surface area contributed by atoms with Gasteiger partial charge in [0.25, 0.3) is 0 Å². The summed E-state index contributed by atoms with van der Waals surface area (Å²) in [4.78, 5) is 0. The van der Waals surface area contributed by atoms with Gasteiger partial charge in [-0.15, -0.1) is 0 Å². The molecule has 0 heterocycles. The molecule has 0 aromatic rings. The molecule has 0 saturated heterocycles. The van der Waals surface area contributed by atoms with Crippen molar-refractivity contribution in [3.8, 4) is 0 Å². The van der Waals surface area contributed by atoms with Crippen LogP contribution in [-0.2, 0) is 10.0 Å². The minimum atomic E-state index is -3.01. The summed E-state index contributed by atoms with van der Waals surface area (Å²) < 4.78 is 24.7. The van der Waals surface area contributed by atoms with Gasteiger partial charge in [-0.1, -0.05) is 0 Å². The maximum Gasteiger partial charge on any atom is 0.214 e. The first kappa shape index (κ1) is 8.96. The second-order valence-corrected chi connectivity index (χ2v) is 5.12. The number of sulfonamides is 1. The van der Waals surface area contributed by atoms with E-state index in [4.69, 9.17) is 5.73 Å². The van der Waals surface area contributed by atoms with Crippen LogP contribution < -0.4 is 10.5 Å². The second kappa shape index (κ2) is 3.08. The zero-order valence-corrected chi connectivity index (χ0v) is 7.39. The normalized spacial score (nSPS) is 21.6. The Morgan fingerprint density at radius 1 is 1.64 bits per heavy atom. The van der Waals surface area contributed by atoms with E-state index in [0.717, 1.165) is 12.8 Å². The van der Waals surface area contributed by atoms with Crippen molar-refractivity contribution < 1.29 is 8.42 Å². The fraction of sp³-hybridized carbons (Fsp3) is 1.00. The second-order valence-electron chi connectivity index (χ2n) is 3.07. The molecule has 0 bridgehead atoms. The Hall–Kier alpha value is -0.130. The van der Waals surface area contributed by atoms with E-state index in [9.17, 15) is 8.42 Å². The average Bonchev–Trinajstić information content (AvgIpc) is 2.64. The van der Waals surface area contributed by atoms with Gasteiger partial charge in [0.15, 0.2) is 0 Å². The van der Waals surface area contributed by atoms with E-state index in [1.165, 1.54) is 0 Å². The molecule has 0 radical (unpaired) electrons. The van der Waals surface area contributed by atoms with Crippen LogP contribution in [0.3, 0.4) is 0 Å². The van der Waals surface area contributed by atoms with Crippen molar-refractivity contribution in [1.29, 1.82) is 0 Å². The van der Waals surface area contributed by atoms with Crippen LogP contribution in [0.4, 0.5) is 0 Å². The lowest BCUT2D eigenvalue weighted by atomic mass is 10.4. The largest absolute Gasteiger partial charge is 0.327 e. The molecular formula is C6H14N2O2S. The van der Waals surface area contributed by atoms with Crippen molar-refractivity contribution >= 4 is 10.0 Å². The molecule has 0 aromatic carbocycles. The molecule has 1 fully saturated rings. The van der Waals surface area contributed by atoms with Crippen LogP contribution in [-0.4, -0.2) is 26.3 Å². The van der Waals surface area contributed by atoms with Gasteiger partial charge in [-0.05, 0) is 19.8 Å². The van der Waals surface area contributed by atoms with Crippen LogP contribution in [0.15, 0.2) is 0 Å². The summed E-state index contributed by atoms with van der Waals surface area (Å²) in [6, 6.07) is -0.108. The molecular weight excluding hydrogens is 164 g/mol. The van der Waals surface area contributed by atoms with Crippen LogP contribution in [0.2, 0.25) is 0 Å². The molecule has 66 valence electrons. The maximum atomic E-state index is 11.1. The van der Waals surface area contributed by atoms with Gasteiger partial charge < -0.3 is 5.73 Å². The topological polar surface area (TPSA) is 72.2 Å². The smallest absolute Gasteiger partial charge is 0.214 e. The monoisotopic (exact) mass is 178 g/mol. The summed E-state index contributed by atoms with van der Waals surface area (Å²) in [7, 11) is -3.01. The van der Waals surface area contributed by atoms with Crippen molar-refractivity contribution in [1.82, 2.24) is 4.72 Å². The van der Waals surface area contributed by atoms with E-state index in [0.29, 0.717) is 6.54 Å². The van der Waals surface area contributed by atoms with Crippen molar-refractivity contribution in [3.63, 3.8) is 0 Å². The first-order valence-corrected chi connectivity index (χ1v) is 5.31. The predicted octanol–water partition coefficient (Wildman–Crippen LogP) is -0.585. The summed E-state index contributed by atoms with van der Waals surface area (Å²) >= 11 is 0.